The molecule has 32 heavy (non-hydrogen) atoms. The Bertz CT molecular complexity index is 1210. The highest BCUT2D eigenvalue weighted by Crippen LogP contribution is 2.21. The molecular formula is C20H26N4O6S2. The third-order valence-corrected chi connectivity index (χ3v) is 7.20. The van der Waals surface area contributed by atoms with Crippen molar-refractivity contribution in [2.45, 2.75) is 38.6 Å². The van der Waals surface area contributed by atoms with E-state index in [4.69, 9.17) is 0 Å². The van der Waals surface area contributed by atoms with Crippen LogP contribution in [-0.4, -0.2) is 40.4 Å². The van der Waals surface area contributed by atoms with Gasteiger partial charge in [0.15, 0.2) is 0 Å². The largest absolute Gasteiger partial charge is 0.326 e. The van der Waals surface area contributed by atoms with Gasteiger partial charge in [-0.2, -0.15) is 4.72 Å². The Balaban J connectivity index is 2.06. The summed E-state index contributed by atoms with van der Waals surface area (Å²) in [4.78, 5) is 23.5. The van der Waals surface area contributed by atoms with Crippen LogP contribution in [0.2, 0.25) is 0 Å². The summed E-state index contributed by atoms with van der Waals surface area (Å²) in [5, 5.41) is 5.14. The van der Waals surface area contributed by atoms with Gasteiger partial charge in [-0.1, -0.05) is 0 Å². The molecule has 0 aliphatic heterocycles. The molecule has 0 aliphatic rings. The highest BCUT2D eigenvalue weighted by molar-refractivity contribution is 7.92. The van der Waals surface area contributed by atoms with E-state index in [1.165, 1.54) is 57.2 Å². The van der Waals surface area contributed by atoms with Crippen molar-refractivity contribution in [3.8, 4) is 0 Å². The Morgan fingerprint density at radius 2 is 1.53 bits per heavy atom. The average molecular weight is 483 g/mol. The van der Waals surface area contributed by atoms with Gasteiger partial charge in [-0.15, -0.1) is 0 Å². The average Bonchev–Trinajstić information content (AvgIpc) is 2.69. The number of carbonyl (C=O) groups excluding carboxylic acids is 2. The standard InChI is InChI=1S/C20H26N4O6S2/c1-5-31(27,28)24-19-11-8-17(12-13(19)2)22-20(26)14(3)23-32(29,30)18-9-6-16(7-10-18)21-15(4)25/h6-12,14,23-24H,5H2,1-4H3,(H,21,25)(H,22,26)/t14-/m0/s1. The molecule has 2 rings (SSSR count). The summed E-state index contributed by atoms with van der Waals surface area (Å²) in [7, 11) is -7.41. The number of benzene rings is 2. The monoisotopic (exact) mass is 482 g/mol. The van der Waals surface area contributed by atoms with Gasteiger partial charge in [0.1, 0.15) is 0 Å². The van der Waals surface area contributed by atoms with Gasteiger partial charge in [-0.25, -0.2) is 16.8 Å². The third kappa shape index (κ3) is 7.04. The van der Waals surface area contributed by atoms with E-state index in [-0.39, 0.29) is 16.6 Å². The van der Waals surface area contributed by atoms with Crippen LogP contribution >= 0.6 is 0 Å². The highest BCUT2D eigenvalue weighted by atomic mass is 32.2. The maximum Gasteiger partial charge on any atom is 0.242 e. The Morgan fingerprint density at radius 1 is 0.938 bits per heavy atom. The second kappa shape index (κ2) is 10.1. The summed E-state index contributed by atoms with van der Waals surface area (Å²) in [6.45, 7) is 5.94. The van der Waals surface area contributed by atoms with Crippen LogP contribution in [0.4, 0.5) is 17.1 Å². The van der Waals surface area contributed by atoms with Gasteiger partial charge in [-0.05, 0) is 68.8 Å². The predicted octanol–water partition coefficient (Wildman–Crippen LogP) is 2.02. The fourth-order valence-corrected chi connectivity index (χ4v) is 4.53. The fourth-order valence-electron chi connectivity index (χ4n) is 2.62. The summed E-state index contributed by atoms with van der Waals surface area (Å²) in [6.07, 6.45) is 0. The van der Waals surface area contributed by atoms with Crippen molar-refractivity contribution in [2.24, 2.45) is 0 Å². The van der Waals surface area contributed by atoms with Crippen molar-refractivity contribution < 1.29 is 26.4 Å². The molecule has 2 amide bonds. The van der Waals surface area contributed by atoms with Gasteiger partial charge in [0.05, 0.1) is 22.4 Å². The van der Waals surface area contributed by atoms with E-state index >= 15 is 0 Å². The van der Waals surface area contributed by atoms with Crippen LogP contribution < -0.4 is 20.1 Å². The molecule has 0 aliphatic carbocycles. The van der Waals surface area contributed by atoms with Gasteiger partial charge in [0.25, 0.3) is 0 Å². The molecule has 2 aromatic rings. The van der Waals surface area contributed by atoms with Crippen molar-refractivity contribution in [3.05, 3.63) is 48.0 Å². The Morgan fingerprint density at radius 3 is 2.06 bits per heavy atom. The second-order valence-corrected chi connectivity index (χ2v) is 10.8. The molecule has 0 unspecified atom stereocenters. The zero-order chi connectivity index (χ0) is 24.1. The van der Waals surface area contributed by atoms with Crippen LogP contribution in [0.15, 0.2) is 47.4 Å². The summed E-state index contributed by atoms with van der Waals surface area (Å²) >= 11 is 0. The molecule has 0 fully saturated rings. The minimum Gasteiger partial charge on any atom is -0.326 e. The van der Waals surface area contributed by atoms with E-state index in [9.17, 15) is 26.4 Å². The number of aryl methyl sites for hydroxylation is 1. The maximum absolute atomic E-state index is 12.5. The molecule has 0 spiro atoms. The van der Waals surface area contributed by atoms with E-state index in [2.05, 4.69) is 20.1 Å². The lowest BCUT2D eigenvalue weighted by Crippen LogP contribution is -2.41. The Labute approximate surface area is 187 Å². The van der Waals surface area contributed by atoms with Crippen LogP contribution in [-0.2, 0) is 29.6 Å². The minimum absolute atomic E-state index is 0.0605. The summed E-state index contributed by atoms with van der Waals surface area (Å²) in [5.74, 6) is -0.946. The topological polar surface area (TPSA) is 151 Å². The number of hydrogen-bond acceptors (Lipinski definition) is 6. The first kappa shape index (κ1) is 25.3. The quantitative estimate of drug-likeness (QED) is 0.429. The Kier molecular flexibility index (Phi) is 7.99. The third-order valence-electron chi connectivity index (χ3n) is 4.35. The molecular weight excluding hydrogens is 456 g/mol. The molecule has 174 valence electrons. The molecule has 0 saturated heterocycles. The van der Waals surface area contributed by atoms with E-state index in [0.29, 0.717) is 22.6 Å². The molecule has 2 aromatic carbocycles. The molecule has 0 radical (unpaired) electrons. The van der Waals surface area contributed by atoms with E-state index in [1.54, 1.807) is 13.0 Å². The SMILES string of the molecule is CCS(=O)(=O)Nc1ccc(NC(=O)[C@H](C)NS(=O)(=O)c2ccc(NC(C)=O)cc2)cc1C. The van der Waals surface area contributed by atoms with Crippen LogP contribution in [0.3, 0.4) is 0 Å². The first-order valence-corrected chi connectivity index (χ1v) is 12.8. The molecule has 0 heterocycles. The molecule has 0 aromatic heterocycles. The lowest BCUT2D eigenvalue weighted by atomic mass is 10.2. The van der Waals surface area contributed by atoms with Crippen molar-refractivity contribution in [1.82, 2.24) is 4.72 Å². The molecule has 1 atom stereocenters. The van der Waals surface area contributed by atoms with E-state index < -0.39 is 32.0 Å². The van der Waals surface area contributed by atoms with Crippen LogP contribution in [0.25, 0.3) is 0 Å². The van der Waals surface area contributed by atoms with Crippen LogP contribution in [0.5, 0.6) is 0 Å². The number of amides is 2. The molecule has 10 nitrogen and oxygen atoms in total. The Hall–Kier alpha value is -2.96. The van der Waals surface area contributed by atoms with Gasteiger partial charge >= 0.3 is 0 Å². The molecule has 0 saturated carbocycles. The van der Waals surface area contributed by atoms with Gasteiger partial charge < -0.3 is 10.6 Å². The molecule has 0 bridgehead atoms. The predicted molar refractivity (Wildman–Crippen MR) is 123 cm³/mol. The van der Waals surface area contributed by atoms with Gasteiger partial charge in [0, 0.05) is 18.3 Å². The summed E-state index contributed by atoms with van der Waals surface area (Å²) in [5.41, 5.74) is 1.81. The zero-order valence-electron chi connectivity index (χ0n) is 18.1. The first-order valence-electron chi connectivity index (χ1n) is 9.65. The van der Waals surface area contributed by atoms with E-state index in [1.807, 2.05) is 0 Å². The van der Waals surface area contributed by atoms with Gasteiger partial charge in [0.2, 0.25) is 31.9 Å². The highest BCUT2D eigenvalue weighted by Gasteiger charge is 2.22. The van der Waals surface area contributed by atoms with Crippen LogP contribution in [0.1, 0.15) is 26.3 Å². The number of hydrogen-bond donors (Lipinski definition) is 4. The number of carbonyl (C=O) groups is 2. The number of nitrogens with one attached hydrogen (secondary N) is 4. The normalized spacial score (nSPS) is 12.6. The maximum atomic E-state index is 12.5. The van der Waals surface area contributed by atoms with Crippen molar-refractivity contribution in [1.29, 1.82) is 0 Å². The molecule has 12 heteroatoms. The number of sulfonamides is 2. The van der Waals surface area contributed by atoms with Crippen molar-refractivity contribution in [2.75, 3.05) is 21.1 Å². The minimum atomic E-state index is -3.98. The van der Waals surface area contributed by atoms with Crippen LogP contribution in [0, 0.1) is 6.92 Å². The fraction of sp³-hybridized carbons (Fsp3) is 0.300. The summed E-state index contributed by atoms with van der Waals surface area (Å²) in [6, 6.07) is 9.04. The summed E-state index contributed by atoms with van der Waals surface area (Å²) < 4.78 is 53.3. The van der Waals surface area contributed by atoms with Gasteiger partial charge in [-0.3, -0.25) is 14.3 Å². The number of anilines is 3. The van der Waals surface area contributed by atoms with Crippen molar-refractivity contribution in [3.63, 3.8) is 0 Å². The van der Waals surface area contributed by atoms with E-state index in [0.717, 1.165) is 0 Å². The molecule has 4 N–H and O–H groups in total. The number of rotatable bonds is 9. The lowest BCUT2D eigenvalue weighted by molar-refractivity contribution is -0.117. The zero-order valence-corrected chi connectivity index (χ0v) is 19.7. The lowest BCUT2D eigenvalue weighted by Gasteiger charge is -2.16. The van der Waals surface area contributed by atoms with Crippen molar-refractivity contribution >= 4 is 48.9 Å². The smallest absolute Gasteiger partial charge is 0.242 e. The first-order chi connectivity index (χ1) is 14.8. The second-order valence-electron chi connectivity index (χ2n) is 7.07.